The van der Waals surface area contributed by atoms with Crippen molar-refractivity contribution in [2.24, 2.45) is 17.8 Å². The lowest BCUT2D eigenvalue weighted by Gasteiger charge is -2.41. The second-order valence-electron chi connectivity index (χ2n) is 6.27. The number of nitrogen functional groups attached to an aromatic ring is 1. The average molecular weight is 308 g/mol. The first-order chi connectivity index (χ1) is 10.5. The van der Waals surface area contributed by atoms with Crippen molar-refractivity contribution in [1.29, 1.82) is 0 Å². The van der Waals surface area contributed by atoms with Gasteiger partial charge in [-0.2, -0.15) is 0 Å². The van der Waals surface area contributed by atoms with Crippen molar-refractivity contribution in [3.63, 3.8) is 0 Å². The van der Waals surface area contributed by atoms with Crippen LogP contribution in [0.5, 0.6) is 0 Å². The second kappa shape index (κ2) is 5.98. The molecule has 2 bridgehead atoms. The molecule has 1 aromatic heterocycles. The van der Waals surface area contributed by atoms with Gasteiger partial charge in [-0.05, 0) is 43.9 Å². The molecular weight excluding hydrogens is 288 g/mol. The molecule has 0 saturated heterocycles. The van der Waals surface area contributed by atoms with Gasteiger partial charge in [0.25, 0.3) is 0 Å². The van der Waals surface area contributed by atoms with Gasteiger partial charge in [0.05, 0.1) is 13.0 Å². The van der Waals surface area contributed by atoms with Gasteiger partial charge in [0.15, 0.2) is 5.69 Å². The van der Waals surface area contributed by atoms with Crippen LogP contribution in [0.3, 0.4) is 0 Å². The Kier molecular flexibility index (Phi) is 4.04. The smallest absolute Gasteiger partial charge is 0.360 e. The summed E-state index contributed by atoms with van der Waals surface area (Å²) in [6.45, 7) is 0. The highest BCUT2D eigenvalue weighted by Crippen LogP contribution is 2.44. The van der Waals surface area contributed by atoms with Crippen LogP contribution in [0.2, 0.25) is 0 Å². The fraction of sp³-hybridized carbons (Fsp3) is 0.667. The molecular formula is C15H20N2O5. The monoisotopic (exact) mass is 308 g/mol. The molecule has 0 aliphatic heterocycles. The summed E-state index contributed by atoms with van der Waals surface area (Å²) in [6.07, 6.45) is 4.15. The second-order valence-corrected chi connectivity index (χ2v) is 6.27. The Labute approximate surface area is 128 Å². The number of carbonyl (C=O) groups is 2. The Morgan fingerprint density at radius 2 is 1.91 bits per heavy atom. The van der Waals surface area contributed by atoms with Gasteiger partial charge in [-0.3, -0.25) is 4.79 Å². The van der Waals surface area contributed by atoms with E-state index >= 15 is 0 Å². The summed E-state index contributed by atoms with van der Waals surface area (Å²) in [5, 5.41) is 3.56. The van der Waals surface area contributed by atoms with Gasteiger partial charge >= 0.3 is 11.9 Å². The average Bonchev–Trinajstić information content (AvgIpc) is 2.92. The third-order valence-corrected chi connectivity index (χ3v) is 4.64. The highest BCUT2D eigenvalue weighted by Gasteiger charge is 2.40. The van der Waals surface area contributed by atoms with Crippen LogP contribution in [0.15, 0.2) is 10.6 Å². The number of fused-ring (bicyclic) bond motifs is 2. The van der Waals surface area contributed by atoms with E-state index in [9.17, 15) is 9.59 Å². The van der Waals surface area contributed by atoms with E-state index in [2.05, 4.69) is 9.68 Å². The zero-order valence-electron chi connectivity index (χ0n) is 12.5. The standard InChI is InChI=1S/C15H20N2O5/c1-20-14(18)10-3-8-2-9(4-10)6-11(5-8)21-15(19)12-7-13(16)22-17-12/h7-11H,2-6,16H2,1H3. The first-order valence-electron chi connectivity index (χ1n) is 7.56. The Bertz CT molecular complexity index is 556. The van der Waals surface area contributed by atoms with Gasteiger partial charge in [0, 0.05) is 6.07 Å². The predicted molar refractivity (Wildman–Crippen MR) is 75.7 cm³/mol. The number of nitrogens with zero attached hydrogens (tertiary/aromatic N) is 1. The Morgan fingerprint density at radius 1 is 1.23 bits per heavy atom. The van der Waals surface area contributed by atoms with Crippen molar-refractivity contribution in [2.75, 3.05) is 12.8 Å². The largest absolute Gasteiger partial charge is 0.469 e. The number of esters is 2. The van der Waals surface area contributed by atoms with Gasteiger partial charge in [0.2, 0.25) is 5.88 Å². The number of hydrogen-bond donors (Lipinski definition) is 1. The minimum absolute atomic E-state index is 0.0132. The third-order valence-electron chi connectivity index (χ3n) is 4.64. The van der Waals surface area contributed by atoms with E-state index in [1.165, 1.54) is 13.2 Å². The SMILES string of the molecule is COC(=O)C1CC2CC(CC(OC(=O)c3cc(N)on3)C2)C1. The summed E-state index contributed by atoms with van der Waals surface area (Å²) < 4.78 is 15.0. The predicted octanol–water partition coefficient (Wildman–Crippen LogP) is 1.78. The summed E-state index contributed by atoms with van der Waals surface area (Å²) in [7, 11) is 1.43. The maximum Gasteiger partial charge on any atom is 0.360 e. The number of hydrogen-bond acceptors (Lipinski definition) is 7. The van der Waals surface area contributed by atoms with E-state index in [-0.39, 0.29) is 29.6 Å². The van der Waals surface area contributed by atoms with Crippen molar-refractivity contribution in [3.8, 4) is 0 Å². The zero-order chi connectivity index (χ0) is 15.7. The number of rotatable bonds is 3. The number of anilines is 1. The van der Waals surface area contributed by atoms with Crippen LogP contribution in [0.4, 0.5) is 5.88 Å². The topological polar surface area (TPSA) is 105 Å². The number of nitrogens with two attached hydrogens (primary N) is 1. The highest BCUT2D eigenvalue weighted by molar-refractivity contribution is 5.87. The van der Waals surface area contributed by atoms with Crippen molar-refractivity contribution < 1.29 is 23.6 Å². The molecule has 22 heavy (non-hydrogen) atoms. The van der Waals surface area contributed by atoms with Gasteiger partial charge in [-0.25, -0.2) is 4.79 Å². The molecule has 1 aromatic rings. The molecule has 0 spiro atoms. The molecule has 0 amide bonds. The molecule has 2 aliphatic rings. The van der Waals surface area contributed by atoms with Gasteiger partial charge in [-0.15, -0.1) is 0 Å². The van der Waals surface area contributed by atoms with Crippen LogP contribution in [0, 0.1) is 17.8 Å². The van der Waals surface area contributed by atoms with Crippen LogP contribution in [-0.2, 0) is 14.3 Å². The van der Waals surface area contributed by atoms with Crippen molar-refractivity contribution in [2.45, 2.75) is 38.2 Å². The number of carbonyl (C=O) groups excluding carboxylic acids is 2. The summed E-state index contributed by atoms with van der Waals surface area (Å²) in [4.78, 5) is 23.7. The highest BCUT2D eigenvalue weighted by atomic mass is 16.5. The van der Waals surface area contributed by atoms with E-state index in [0.717, 1.165) is 32.1 Å². The van der Waals surface area contributed by atoms with Crippen molar-refractivity contribution >= 4 is 17.8 Å². The van der Waals surface area contributed by atoms with E-state index in [0.29, 0.717) is 11.8 Å². The fourth-order valence-electron chi connectivity index (χ4n) is 3.84. The maximum atomic E-state index is 12.0. The molecule has 2 aliphatic carbocycles. The summed E-state index contributed by atoms with van der Waals surface area (Å²) >= 11 is 0. The molecule has 0 radical (unpaired) electrons. The molecule has 3 rings (SSSR count). The summed E-state index contributed by atoms with van der Waals surface area (Å²) in [6, 6.07) is 1.36. The van der Waals surface area contributed by atoms with Crippen molar-refractivity contribution in [3.05, 3.63) is 11.8 Å². The van der Waals surface area contributed by atoms with Crippen LogP contribution in [0.25, 0.3) is 0 Å². The molecule has 2 N–H and O–H groups in total. The van der Waals surface area contributed by atoms with Crippen molar-refractivity contribution in [1.82, 2.24) is 5.16 Å². The number of methoxy groups -OCH3 is 1. The van der Waals surface area contributed by atoms with E-state index in [4.69, 9.17) is 15.2 Å². The summed E-state index contributed by atoms with van der Waals surface area (Å²) in [5.41, 5.74) is 5.50. The molecule has 1 heterocycles. The molecule has 0 aromatic carbocycles. The Morgan fingerprint density at radius 3 is 2.45 bits per heavy atom. The lowest BCUT2D eigenvalue weighted by atomic mass is 9.67. The Hall–Kier alpha value is -2.05. The van der Waals surface area contributed by atoms with E-state index in [1.54, 1.807) is 0 Å². The molecule has 120 valence electrons. The van der Waals surface area contributed by atoms with E-state index in [1.807, 2.05) is 0 Å². The zero-order valence-corrected chi connectivity index (χ0v) is 12.5. The van der Waals surface area contributed by atoms with Gasteiger partial charge in [-0.1, -0.05) is 5.16 Å². The minimum atomic E-state index is -0.505. The van der Waals surface area contributed by atoms with Crippen LogP contribution < -0.4 is 5.73 Å². The Balaban J connectivity index is 1.58. The number of ether oxygens (including phenoxy) is 2. The molecule has 2 fully saturated rings. The van der Waals surface area contributed by atoms with E-state index < -0.39 is 5.97 Å². The summed E-state index contributed by atoms with van der Waals surface area (Å²) in [5.74, 6) is 0.251. The number of aromatic nitrogens is 1. The first kappa shape index (κ1) is 14.9. The molecule has 2 saturated carbocycles. The maximum absolute atomic E-state index is 12.0. The fourth-order valence-corrected chi connectivity index (χ4v) is 3.84. The normalized spacial score (nSPS) is 30.6. The van der Waals surface area contributed by atoms with Gasteiger partial charge in [0.1, 0.15) is 6.10 Å². The van der Waals surface area contributed by atoms with Crippen LogP contribution in [-0.4, -0.2) is 30.3 Å². The van der Waals surface area contributed by atoms with Crippen LogP contribution >= 0.6 is 0 Å². The molecule has 7 nitrogen and oxygen atoms in total. The minimum Gasteiger partial charge on any atom is -0.469 e. The molecule has 2 unspecified atom stereocenters. The van der Waals surface area contributed by atoms with Gasteiger partial charge < -0.3 is 19.7 Å². The molecule has 2 atom stereocenters. The quantitative estimate of drug-likeness (QED) is 0.848. The first-order valence-corrected chi connectivity index (χ1v) is 7.56. The lowest BCUT2D eigenvalue weighted by molar-refractivity contribution is -0.149. The lowest BCUT2D eigenvalue weighted by Crippen LogP contribution is -2.38. The van der Waals surface area contributed by atoms with Crippen LogP contribution in [0.1, 0.15) is 42.6 Å². The molecule has 7 heteroatoms. The third kappa shape index (κ3) is 3.08.